The van der Waals surface area contributed by atoms with Crippen molar-refractivity contribution < 1.29 is 24.6 Å². The van der Waals surface area contributed by atoms with E-state index in [1.807, 2.05) is 17.5 Å². The molecule has 0 saturated carbocycles. The largest absolute Gasteiger partial charge is 0.481 e. The summed E-state index contributed by atoms with van der Waals surface area (Å²) in [5.41, 5.74) is 0. The first-order chi connectivity index (χ1) is 8.99. The predicted molar refractivity (Wildman–Crippen MR) is 71.5 cm³/mol. The molecule has 0 aliphatic carbocycles. The van der Waals surface area contributed by atoms with Crippen LogP contribution in [0.1, 0.15) is 12.8 Å². The third kappa shape index (κ3) is 6.25. The molecule has 0 spiro atoms. The van der Waals surface area contributed by atoms with Gasteiger partial charge in [-0.05, 0) is 17.9 Å². The third-order valence-electron chi connectivity index (χ3n) is 2.12. The van der Waals surface area contributed by atoms with Crippen molar-refractivity contribution in [3.8, 4) is 0 Å². The molecule has 1 amide bonds. The summed E-state index contributed by atoms with van der Waals surface area (Å²) >= 11 is 2.80. The lowest BCUT2D eigenvalue weighted by Crippen LogP contribution is -2.41. The number of hydrogen-bond acceptors (Lipinski definition) is 5. The van der Waals surface area contributed by atoms with Crippen molar-refractivity contribution >= 4 is 40.9 Å². The maximum atomic E-state index is 11.6. The van der Waals surface area contributed by atoms with E-state index in [0.717, 1.165) is 4.21 Å². The molecule has 0 radical (unpaired) electrons. The third-order valence-corrected chi connectivity index (χ3v) is 4.25. The number of rotatable bonds is 8. The molecule has 1 aromatic rings. The highest BCUT2D eigenvalue weighted by Gasteiger charge is 2.20. The quantitative estimate of drug-likeness (QED) is 0.625. The first kappa shape index (κ1) is 15.5. The van der Waals surface area contributed by atoms with Gasteiger partial charge in [0.25, 0.3) is 0 Å². The van der Waals surface area contributed by atoms with Crippen LogP contribution in [0.2, 0.25) is 0 Å². The highest BCUT2D eigenvalue weighted by atomic mass is 32.2. The number of amides is 1. The molecule has 104 valence electrons. The first-order valence-corrected chi connectivity index (χ1v) is 7.26. The highest BCUT2D eigenvalue weighted by molar-refractivity contribution is 8.01. The molecular weight excluding hydrogens is 290 g/mol. The van der Waals surface area contributed by atoms with Crippen LogP contribution in [-0.2, 0) is 14.4 Å². The van der Waals surface area contributed by atoms with Crippen molar-refractivity contribution in [1.82, 2.24) is 5.32 Å². The van der Waals surface area contributed by atoms with E-state index in [1.54, 1.807) is 0 Å². The summed E-state index contributed by atoms with van der Waals surface area (Å²) in [6.07, 6.45) is -0.421. The van der Waals surface area contributed by atoms with Gasteiger partial charge in [-0.25, -0.2) is 4.79 Å². The Kier molecular flexibility index (Phi) is 6.37. The summed E-state index contributed by atoms with van der Waals surface area (Å²) in [5, 5.41) is 21.6. The van der Waals surface area contributed by atoms with Gasteiger partial charge in [-0.1, -0.05) is 6.07 Å². The van der Waals surface area contributed by atoms with Gasteiger partial charge in [0.2, 0.25) is 5.91 Å². The van der Waals surface area contributed by atoms with Crippen LogP contribution in [0.15, 0.2) is 21.7 Å². The first-order valence-electron chi connectivity index (χ1n) is 5.39. The number of carboxylic acid groups (broad SMARTS) is 2. The van der Waals surface area contributed by atoms with Gasteiger partial charge in [-0.3, -0.25) is 9.59 Å². The van der Waals surface area contributed by atoms with Crippen molar-refractivity contribution in [3.05, 3.63) is 17.5 Å². The molecule has 1 aromatic heterocycles. The summed E-state index contributed by atoms with van der Waals surface area (Å²) in [6, 6.07) is 2.56. The van der Waals surface area contributed by atoms with Crippen LogP contribution in [0.25, 0.3) is 0 Å². The van der Waals surface area contributed by atoms with Crippen molar-refractivity contribution in [3.63, 3.8) is 0 Å². The van der Waals surface area contributed by atoms with Gasteiger partial charge >= 0.3 is 11.9 Å². The Morgan fingerprint density at radius 3 is 2.63 bits per heavy atom. The topological polar surface area (TPSA) is 104 Å². The maximum absolute atomic E-state index is 11.6. The monoisotopic (exact) mass is 303 g/mol. The zero-order chi connectivity index (χ0) is 14.3. The van der Waals surface area contributed by atoms with Gasteiger partial charge < -0.3 is 15.5 Å². The second kappa shape index (κ2) is 7.80. The number of aliphatic carboxylic acids is 2. The van der Waals surface area contributed by atoms with E-state index in [1.165, 1.54) is 23.1 Å². The number of thioether (sulfide) groups is 1. The Hall–Kier alpha value is -1.54. The normalized spacial score (nSPS) is 11.8. The Morgan fingerprint density at radius 1 is 1.37 bits per heavy atom. The molecule has 1 heterocycles. The van der Waals surface area contributed by atoms with Gasteiger partial charge in [-0.2, -0.15) is 0 Å². The number of carbonyl (C=O) groups excluding carboxylic acids is 1. The molecule has 1 rings (SSSR count). The molecule has 19 heavy (non-hydrogen) atoms. The Bertz CT molecular complexity index is 446. The Labute approximate surface area is 117 Å². The Balaban J connectivity index is 2.38. The molecule has 0 bridgehead atoms. The van der Waals surface area contributed by atoms with E-state index in [9.17, 15) is 14.4 Å². The van der Waals surface area contributed by atoms with Crippen LogP contribution >= 0.6 is 23.1 Å². The van der Waals surface area contributed by atoms with Crippen molar-refractivity contribution in [2.75, 3.05) is 5.75 Å². The fourth-order valence-corrected chi connectivity index (χ4v) is 2.84. The highest BCUT2D eigenvalue weighted by Crippen LogP contribution is 2.22. The SMILES string of the molecule is O=C(O)CC[C@H](NC(=O)CSc1cccs1)C(=O)O. The van der Waals surface area contributed by atoms with Crippen LogP contribution in [0.4, 0.5) is 0 Å². The van der Waals surface area contributed by atoms with E-state index in [0.29, 0.717) is 0 Å². The molecule has 0 aliphatic rings. The molecular formula is C11H13NO5S2. The summed E-state index contributed by atoms with van der Waals surface area (Å²) in [5.74, 6) is -2.63. The number of hydrogen-bond donors (Lipinski definition) is 3. The maximum Gasteiger partial charge on any atom is 0.326 e. The molecule has 8 heteroatoms. The fraction of sp³-hybridized carbons (Fsp3) is 0.364. The summed E-state index contributed by atoms with van der Waals surface area (Å²) < 4.78 is 0.965. The average molecular weight is 303 g/mol. The van der Waals surface area contributed by atoms with E-state index in [-0.39, 0.29) is 18.6 Å². The second-order valence-corrected chi connectivity index (χ2v) is 5.83. The zero-order valence-corrected chi connectivity index (χ0v) is 11.5. The minimum absolute atomic E-state index is 0.108. The van der Waals surface area contributed by atoms with Crippen LogP contribution < -0.4 is 5.32 Å². The lowest BCUT2D eigenvalue weighted by atomic mass is 10.1. The molecule has 3 N–H and O–H groups in total. The fourth-order valence-electron chi connectivity index (χ4n) is 1.24. The van der Waals surface area contributed by atoms with Crippen molar-refractivity contribution in [1.29, 1.82) is 0 Å². The zero-order valence-electron chi connectivity index (χ0n) is 9.87. The second-order valence-electron chi connectivity index (χ2n) is 3.61. The van der Waals surface area contributed by atoms with Crippen LogP contribution in [0.5, 0.6) is 0 Å². The summed E-state index contributed by atoms with van der Waals surface area (Å²) in [7, 11) is 0. The lowest BCUT2D eigenvalue weighted by molar-refractivity contribution is -0.142. The minimum atomic E-state index is -1.23. The Morgan fingerprint density at radius 2 is 2.11 bits per heavy atom. The van der Waals surface area contributed by atoms with Gasteiger partial charge in [0.15, 0.2) is 0 Å². The summed E-state index contributed by atoms with van der Waals surface area (Å²) in [6.45, 7) is 0. The van der Waals surface area contributed by atoms with Crippen molar-refractivity contribution in [2.24, 2.45) is 0 Å². The van der Waals surface area contributed by atoms with E-state index < -0.39 is 23.9 Å². The number of carboxylic acids is 2. The van der Waals surface area contributed by atoms with Crippen molar-refractivity contribution in [2.45, 2.75) is 23.1 Å². The van der Waals surface area contributed by atoms with Crippen LogP contribution in [0, 0.1) is 0 Å². The number of thiophene rings is 1. The standard InChI is InChI=1S/C11H13NO5S2/c13-8(6-19-10-2-1-5-18-10)12-7(11(16)17)3-4-9(14)15/h1-2,5,7H,3-4,6H2,(H,12,13)(H,14,15)(H,16,17)/t7-/m0/s1. The molecule has 0 fully saturated rings. The molecule has 0 aromatic carbocycles. The molecule has 0 aliphatic heterocycles. The number of carbonyl (C=O) groups is 3. The minimum Gasteiger partial charge on any atom is -0.481 e. The molecule has 0 saturated heterocycles. The van der Waals surface area contributed by atoms with E-state index in [2.05, 4.69) is 5.32 Å². The van der Waals surface area contributed by atoms with E-state index in [4.69, 9.17) is 10.2 Å². The molecule has 6 nitrogen and oxygen atoms in total. The van der Waals surface area contributed by atoms with Crippen LogP contribution in [-0.4, -0.2) is 39.9 Å². The average Bonchev–Trinajstić information content (AvgIpc) is 2.84. The molecule has 0 unspecified atom stereocenters. The van der Waals surface area contributed by atoms with Gasteiger partial charge in [0.05, 0.1) is 9.96 Å². The predicted octanol–water partition coefficient (Wildman–Crippen LogP) is 1.27. The van der Waals surface area contributed by atoms with Gasteiger partial charge in [0, 0.05) is 6.42 Å². The summed E-state index contributed by atoms with van der Waals surface area (Å²) in [4.78, 5) is 32.8. The lowest BCUT2D eigenvalue weighted by Gasteiger charge is -2.13. The molecule has 1 atom stereocenters. The van der Waals surface area contributed by atoms with Gasteiger partial charge in [0.1, 0.15) is 6.04 Å². The van der Waals surface area contributed by atoms with E-state index >= 15 is 0 Å². The van der Waals surface area contributed by atoms with Gasteiger partial charge in [-0.15, -0.1) is 23.1 Å². The smallest absolute Gasteiger partial charge is 0.326 e. The van der Waals surface area contributed by atoms with Crippen LogP contribution in [0.3, 0.4) is 0 Å². The number of nitrogens with one attached hydrogen (secondary N) is 1.